The van der Waals surface area contributed by atoms with Crippen molar-refractivity contribution in [2.75, 3.05) is 20.2 Å². The summed E-state index contributed by atoms with van der Waals surface area (Å²) in [6.07, 6.45) is 1.23. The highest BCUT2D eigenvalue weighted by Gasteiger charge is 2.28. The topological polar surface area (TPSA) is 68.6 Å². The number of amides is 1. The minimum atomic E-state index is -0.204. The van der Waals surface area contributed by atoms with Crippen LogP contribution in [0.2, 0.25) is 0 Å². The predicted molar refractivity (Wildman–Crippen MR) is 107 cm³/mol. The summed E-state index contributed by atoms with van der Waals surface area (Å²) in [5.41, 5.74) is 1.49. The van der Waals surface area contributed by atoms with Crippen molar-refractivity contribution in [1.82, 2.24) is 9.47 Å². The number of fused-ring (bicyclic) bond motifs is 2. The maximum atomic E-state index is 13.0. The molecule has 0 unspecified atom stereocenters. The van der Waals surface area contributed by atoms with Crippen LogP contribution in [-0.2, 0) is 20.9 Å². The van der Waals surface area contributed by atoms with Crippen LogP contribution in [0.5, 0.6) is 0 Å². The highest BCUT2D eigenvalue weighted by Crippen LogP contribution is 2.22. The predicted octanol–water partition coefficient (Wildman–Crippen LogP) is 2.57. The normalized spacial score (nSPS) is 15.1. The van der Waals surface area contributed by atoms with Crippen molar-refractivity contribution in [3.05, 3.63) is 58.8 Å². The van der Waals surface area contributed by atoms with Gasteiger partial charge in [0.2, 0.25) is 5.91 Å². The maximum absolute atomic E-state index is 13.0. The van der Waals surface area contributed by atoms with E-state index in [-0.39, 0.29) is 29.8 Å². The number of methoxy groups -OCH3 is 1. The fourth-order valence-electron chi connectivity index (χ4n) is 4.01. The van der Waals surface area contributed by atoms with Gasteiger partial charge < -0.3 is 14.2 Å². The summed E-state index contributed by atoms with van der Waals surface area (Å²) in [6, 6.07) is 14.8. The number of nitrogens with zero attached hydrogens (tertiary/aromatic N) is 2. The molecule has 6 nitrogen and oxygen atoms in total. The van der Waals surface area contributed by atoms with Gasteiger partial charge in [0.1, 0.15) is 6.54 Å². The molecule has 1 aliphatic heterocycles. The molecule has 2 heterocycles. The molecule has 0 bridgehead atoms. The number of likely N-dealkylation sites (tertiary alicyclic amines) is 1. The number of hydrogen-bond donors (Lipinski definition) is 0. The zero-order chi connectivity index (χ0) is 19.7. The molecule has 6 heteroatoms. The minimum Gasteiger partial charge on any atom is -0.469 e. The molecule has 1 saturated heterocycles. The second-order valence-electron chi connectivity index (χ2n) is 7.13. The van der Waals surface area contributed by atoms with Gasteiger partial charge in [-0.1, -0.05) is 24.3 Å². The second-order valence-corrected chi connectivity index (χ2v) is 7.13. The zero-order valence-corrected chi connectivity index (χ0v) is 15.8. The van der Waals surface area contributed by atoms with E-state index in [4.69, 9.17) is 4.74 Å². The van der Waals surface area contributed by atoms with Gasteiger partial charge in [0.05, 0.1) is 24.1 Å². The van der Waals surface area contributed by atoms with Crippen LogP contribution in [0.15, 0.2) is 53.3 Å². The fraction of sp³-hybridized carbons (Fsp3) is 0.318. The lowest BCUT2D eigenvalue weighted by Gasteiger charge is -2.31. The molecule has 0 aliphatic carbocycles. The molecule has 144 valence electrons. The van der Waals surface area contributed by atoms with Gasteiger partial charge in [0.25, 0.3) is 0 Å². The molecule has 0 radical (unpaired) electrons. The molecule has 28 heavy (non-hydrogen) atoms. The first-order valence-electron chi connectivity index (χ1n) is 9.46. The molecular formula is C22H22N2O4. The first kappa shape index (κ1) is 18.2. The van der Waals surface area contributed by atoms with Gasteiger partial charge in [0.15, 0.2) is 5.43 Å². The molecule has 2 aromatic carbocycles. The van der Waals surface area contributed by atoms with Crippen molar-refractivity contribution in [2.24, 2.45) is 5.92 Å². The van der Waals surface area contributed by atoms with E-state index in [2.05, 4.69) is 0 Å². The third-order valence-electron chi connectivity index (χ3n) is 5.55. The fourth-order valence-corrected chi connectivity index (χ4v) is 4.01. The van der Waals surface area contributed by atoms with Crippen LogP contribution in [0, 0.1) is 5.92 Å². The number of hydrogen-bond acceptors (Lipinski definition) is 4. The third-order valence-corrected chi connectivity index (χ3v) is 5.55. The highest BCUT2D eigenvalue weighted by atomic mass is 16.5. The first-order chi connectivity index (χ1) is 13.6. The van der Waals surface area contributed by atoms with E-state index in [1.807, 2.05) is 41.0 Å². The van der Waals surface area contributed by atoms with Crippen LogP contribution in [0.25, 0.3) is 21.8 Å². The monoisotopic (exact) mass is 378 g/mol. The lowest BCUT2D eigenvalue weighted by molar-refractivity contribution is -0.149. The molecule has 4 rings (SSSR count). The molecule has 0 saturated carbocycles. The second kappa shape index (κ2) is 7.46. The molecule has 1 aromatic heterocycles. The average molecular weight is 378 g/mol. The van der Waals surface area contributed by atoms with Gasteiger partial charge in [-0.15, -0.1) is 0 Å². The molecule has 0 N–H and O–H groups in total. The van der Waals surface area contributed by atoms with Crippen LogP contribution < -0.4 is 5.43 Å². The lowest BCUT2D eigenvalue weighted by Crippen LogP contribution is -2.42. The van der Waals surface area contributed by atoms with Crippen LogP contribution >= 0.6 is 0 Å². The van der Waals surface area contributed by atoms with Crippen LogP contribution in [0.4, 0.5) is 0 Å². The number of pyridine rings is 1. The van der Waals surface area contributed by atoms with Crippen molar-refractivity contribution in [1.29, 1.82) is 0 Å². The molecule has 1 amide bonds. The van der Waals surface area contributed by atoms with E-state index in [9.17, 15) is 14.4 Å². The van der Waals surface area contributed by atoms with E-state index >= 15 is 0 Å². The van der Waals surface area contributed by atoms with Gasteiger partial charge in [-0.05, 0) is 37.1 Å². The summed E-state index contributed by atoms with van der Waals surface area (Å²) >= 11 is 0. The number of rotatable bonds is 3. The number of aromatic nitrogens is 1. The number of benzene rings is 2. The van der Waals surface area contributed by atoms with Gasteiger partial charge in [0, 0.05) is 23.9 Å². The van der Waals surface area contributed by atoms with E-state index < -0.39 is 0 Å². The third kappa shape index (κ3) is 3.15. The summed E-state index contributed by atoms with van der Waals surface area (Å²) in [7, 11) is 1.40. The number of para-hydroxylation sites is 2. The Balaban J connectivity index is 1.66. The summed E-state index contributed by atoms with van der Waals surface area (Å²) in [6.45, 7) is 1.23. The Kier molecular flexibility index (Phi) is 4.86. The Morgan fingerprint density at radius 1 is 0.964 bits per heavy atom. The Bertz CT molecular complexity index is 1050. The Hall–Kier alpha value is -3.15. The number of carbonyl (C=O) groups excluding carboxylic acids is 2. The average Bonchev–Trinajstić information content (AvgIpc) is 2.76. The van der Waals surface area contributed by atoms with E-state index in [1.165, 1.54) is 7.11 Å². The quantitative estimate of drug-likeness (QED) is 0.519. The van der Waals surface area contributed by atoms with Crippen LogP contribution in [-0.4, -0.2) is 41.5 Å². The Morgan fingerprint density at radius 2 is 1.50 bits per heavy atom. The largest absolute Gasteiger partial charge is 0.469 e. The van der Waals surface area contributed by atoms with Crippen molar-refractivity contribution in [3.8, 4) is 0 Å². The van der Waals surface area contributed by atoms with Crippen molar-refractivity contribution >= 4 is 33.7 Å². The van der Waals surface area contributed by atoms with E-state index in [1.54, 1.807) is 17.0 Å². The summed E-state index contributed by atoms with van der Waals surface area (Å²) in [5.74, 6) is -0.352. The molecule has 0 spiro atoms. The van der Waals surface area contributed by atoms with Crippen molar-refractivity contribution < 1.29 is 14.3 Å². The van der Waals surface area contributed by atoms with Crippen LogP contribution in [0.1, 0.15) is 12.8 Å². The standard InChI is InChI=1S/C22H22N2O4/c1-28-22(27)15-10-12-23(13-11-15)20(25)14-24-18-8-4-2-6-16(18)21(26)17-7-3-5-9-19(17)24/h2-9,15H,10-14H2,1H3. The van der Waals surface area contributed by atoms with Gasteiger partial charge in [-0.2, -0.15) is 0 Å². The lowest BCUT2D eigenvalue weighted by atomic mass is 9.97. The number of carbonyl (C=O) groups is 2. The SMILES string of the molecule is COC(=O)C1CCN(C(=O)Cn2c3ccccc3c(=O)c3ccccc32)CC1. The Labute approximate surface area is 162 Å². The minimum absolute atomic E-state index is 0.0118. The highest BCUT2D eigenvalue weighted by molar-refractivity contribution is 5.94. The van der Waals surface area contributed by atoms with Crippen LogP contribution in [0.3, 0.4) is 0 Å². The van der Waals surface area contributed by atoms with Crippen molar-refractivity contribution in [3.63, 3.8) is 0 Å². The van der Waals surface area contributed by atoms with Gasteiger partial charge >= 0.3 is 5.97 Å². The van der Waals surface area contributed by atoms with Gasteiger partial charge in [-0.3, -0.25) is 14.4 Å². The molecule has 1 fully saturated rings. The number of ether oxygens (including phenoxy) is 1. The first-order valence-corrected chi connectivity index (χ1v) is 9.46. The van der Waals surface area contributed by atoms with E-state index in [0.717, 1.165) is 11.0 Å². The van der Waals surface area contributed by atoms with E-state index in [0.29, 0.717) is 36.7 Å². The van der Waals surface area contributed by atoms with Crippen molar-refractivity contribution in [2.45, 2.75) is 19.4 Å². The number of piperidine rings is 1. The summed E-state index contributed by atoms with van der Waals surface area (Å²) < 4.78 is 6.73. The van der Waals surface area contributed by atoms with Gasteiger partial charge in [-0.25, -0.2) is 0 Å². The molecule has 1 aliphatic rings. The summed E-state index contributed by atoms with van der Waals surface area (Å²) in [4.78, 5) is 39.3. The smallest absolute Gasteiger partial charge is 0.308 e. The Morgan fingerprint density at radius 3 is 2.04 bits per heavy atom. The summed E-state index contributed by atoms with van der Waals surface area (Å²) in [5, 5.41) is 1.22. The molecular weight excluding hydrogens is 356 g/mol. The zero-order valence-electron chi connectivity index (χ0n) is 15.8. The number of esters is 1. The molecule has 3 aromatic rings. The maximum Gasteiger partial charge on any atom is 0.308 e. The molecule has 0 atom stereocenters.